The topological polar surface area (TPSA) is 55.1 Å². The van der Waals surface area contributed by atoms with Crippen LogP contribution >= 0.6 is 0 Å². The summed E-state index contributed by atoms with van der Waals surface area (Å²) < 4.78 is 1.87. The minimum Gasteiger partial charge on any atom is -0.366 e. The van der Waals surface area contributed by atoms with Gasteiger partial charge in [-0.05, 0) is 25.0 Å². The first-order chi connectivity index (χ1) is 10.0. The van der Waals surface area contributed by atoms with Crippen LogP contribution in [-0.2, 0) is 5.41 Å². The monoisotopic (exact) mass is 287 g/mol. The van der Waals surface area contributed by atoms with Crippen LogP contribution in [-0.4, -0.2) is 25.9 Å². The highest BCUT2D eigenvalue weighted by atomic mass is 15.4. The van der Waals surface area contributed by atoms with Gasteiger partial charge in [-0.15, -0.1) is 15.3 Å². The van der Waals surface area contributed by atoms with Crippen LogP contribution in [0.25, 0.3) is 5.65 Å². The van der Waals surface area contributed by atoms with Gasteiger partial charge < -0.3 is 5.32 Å². The van der Waals surface area contributed by atoms with Gasteiger partial charge in [-0.1, -0.05) is 46.5 Å². The number of hydrogen-bond acceptors (Lipinski definition) is 4. The Morgan fingerprint density at radius 2 is 1.76 bits per heavy atom. The Morgan fingerprint density at radius 1 is 1.05 bits per heavy atom. The van der Waals surface area contributed by atoms with Crippen molar-refractivity contribution >= 4 is 11.5 Å². The molecule has 114 valence electrons. The van der Waals surface area contributed by atoms with Gasteiger partial charge in [-0.3, -0.25) is 0 Å². The lowest BCUT2D eigenvalue weighted by atomic mass is 9.96. The summed E-state index contributed by atoms with van der Waals surface area (Å²) in [4.78, 5) is 0. The lowest BCUT2D eigenvalue weighted by molar-refractivity contribution is 0.526. The molecule has 1 fully saturated rings. The molecule has 0 saturated heterocycles. The summed E-state index contributed by atoms with van der Waals surface area (Å²) in [6.07, 6.45) is 7.86. The second kappa shape index (κ2) is 5.62. The minimum atomic E-state index is -0.0621. The minimum absolute atomic E-state index is 0.0621. The molecule has 2 aromatic heterocycles. The molecule has 0 unspecified atom stereocenters. The highest BCUT2D eigenvalue weighted by Crippen LogP contribution is 2.23. The molecule has 0 aliphatic heterocycles. The zero-order chi connectivity index (χ0) is 14.9. The molecule has 0 aromatic carbocycles. The lowest BCUT2D eigenvalue weighted by Gasteiger charge is -2.18. The average molecular weight is 287 g/mol. The van der Waals surface area contributed by atoms with Gasteiger partial charge in [0, 0.05) is 11.5 Å². The van der Waals surface area contributed by atoms with Crippen LogP contribution in [0.4, 0.5) is 5.82 Å². The van der Waals surface area contributed by atoms with E-state index in [1.807, 2.05) is 16.6 Å². The van der Waals surface area contributed by atoms with Crippen LogP contribution in [0.15, 0.2) is 12.1 Å². The zero-order valence-electron chi connectivity index (χ0n) is 13.3. The second-order valence-corrected chi connectivity index (χ2v) is 7.10. The fraction of sp³-hybridized carbons (Fsp3) is 0.688. The zero-order valence-corrected chi connectivity index (χ0v) is 13.3. The first-order valence-corrected chi connectivity index (χ1v) is 8.03. The highest BCUT2D eigenvalue weighted by Gasteiger charge is 2.22. The van der Waals surface area contributed by atoms with E-state index in [1.54, 1.807) is 0 Å². The summed E-state index contributed by atoms with van der Waals surface area (Å²) in [6.45, 7) is 6.41. The number of rotatable bonds is 2. The van der Waals surface area contributed by atoms with E-state index in [0.717, 1.165) is 17.3 Å². The van der Waals surface area contributed by atoms with E-state index in [1.165, 1.54) is 38.5 Å². The molecule has 1 saturated carbocycles. The molecular formula is C16H25N5. The Morgan fingerprint density at radius 3 is 2.43 bits per heavy atom. The van der Waals surface area contributed by atoms with Gasteiger partial charge in [0.15, 0.2) is 11.5 Å². The van der Waals surface area contributed by atoms with Gasteiger partial charge in [0.05, 0.1) is 0 Å². The van der Waals surface area contributed by atoms with Gasteiger partial charge >= 0.3 is 0 Å². The Balaban J connectivity index is 1.86. The number of anilines is 1. The highest BCUT2D eigenvalue weighted by molar-refractivity contribution is 5.45. The first kappa shape index (κ1) is 14.3. The van der Waals surface area contributed by atoms with Crippen molar-refractivity contribution in [2.45, 2.75) is 70.8 Å². The van der Waals surface area contributed by atoms with Gasteiger partial charge in [0.1, 0.15) is 5.82 Å². The smallest absolute Gasteiger partial charge is 0.178 e. The van der Waals surface area contributed by atoms with E-state index >= 15 is 0 Å². The van der Waals surface area contributed by atoms with E-state index in [2.05, 4.69) is 36.3 Å². The lowest BCUT2D eigenvalue weighted by Crippen LogP contribution is -2.21. The van der Waals surface area contributed by atoms with Crippen molar-refractivity contribution in [3.05, 3.63) is 18.0 Å². The Kier molecular flexibility index (Phi) is 3.83. The molecule has 0 bridgehead atoms. The molecular weight excluding hydrogens is 262 g/mol. The van der Waals surface area contributed by atoms with Crippen molar-refractivity contribution < 1.29 is 0 Å². The number of fused-ring (bicyclic) bond motifs is 1. The van der Waals surface area contributed by atoms with Crippen molar-refractivity contribution in [3.8, 4) is 0 Å². The second-order valence-electron chi connectivity index (χ2n) is 7.10. The molecule has 2 aromatic rings. The molecule has 5 nitrogen and oxygen atoms in total. The molecule has 0 spiro atoms. The quantitative estimate of drug-likeness (QED) is 0.858. The van der Waals surface area contributed by atoms with Crippen molar-refractivity contribution in [1.29, 1.82) is 0 Å². The molecule has 3 rings (SSSR count). The van der Waals surface area contributed by atoms with Crippen LogP contribution in [0.5, 0.6) is 0 Å². The summed E-state index contributed by atoms with van der Waals surface area (Å²) >= 11 is 0. The number of nitrogens with one attached hydrogen (secondary N) is 1. The third-order valence-corrected chi connectivity index (χ3v) is 4.14. The summed E-state index contributed by atoms with van der Waals surface area (Å²) in [7, 11) is 0. The molecule has 2 heterocycles. The summed E-state index contributed by atoms with van der Waals surface area (Å²) in [5.41, 5.74) is 0.749. The predicted molar refractivity (Wildman–Crippen MR) is 84.6 cm³/mol. The largest absolute Gasteiger partial charge is 0.366 e. The van der Waals surface area contributed by atoms with Gasteiger partial charge in [0.25, 0.3) is 0 Å². The van der Waals surface area contributed by atoms with Crippen molar-refractivity contribution in [3.63, 3.8) is 0 Å². The van der Waals surface area contributed by atoms with Gasteiger partial charge in [0.2, 0.25) is 0 Å². The Labute approximate surface area is 126 Å². The van der Waals surface area contributed by atoms with Crippen LogP contribution in [0.3, 0.4) is 0 Å². The molecule has 1 aliphatic carbocycles. The predicted octanol–water partition coefficient (Wildman–Crippen LogP) is 3.56. The van der Waals surface area contributed by atoms with Crippen LogP contribution in [0.1, 0.15) is 65.1 Å². The molecule has 1 N–H and O–H groups in total. The van der Waals surface area contributed by atoms with Crippen LogP contribution in [0, 0.1) is 0 Å². The fourth-order valence-corrected chi connectivity index (χ4v) is 2.97. The number of aromatic nitrogens is 4. The number of hydrogen-bond donors (Lipinski definition) is 1. The summed E-state index contributed by atoms with van der Waals surface area (Å²) in [6, 6.07) is 4.56. The third kappa shape index (κ3) is 3.17. The SMILES string of the molecule is CC(C)(C)c1nnc2ccc(NC3CCCCCC3)nn12. The summed E-state index contributed by atoms with van der Waals surface area (Å²) in [5, 5.41) is 16.8. The average Bonchev–Trinajstić information content (AvgIpc) is 2.69. The van der Waals surface area contributed by atoms with E-state index in [0.29, 0.717) is 6.04 Å². The molecule has 1 aliphatic rings. The molecule has 0 atom stereocenters. The van der Waals surface area contributed by atoms with Crippen LogP contribution < -0.4 is 5.32 Å². The number of nitrogens with zero attached hydrogens (tertiary/aromatic N) is 4. The van der Waals surface area contributed by atoms with Gasteiger partial charge in [-0.25, -0.2) is 0 Å². The van der Waals surface area contributed by atoms with Crippen molar-refractivity contribution in [2.75, 3.05) is 5.32 Å². The molecule has 0 amide bonds. The Bertz CT molecular complexity index is 603. The van der Waals surface area contributed by atoms with Crippen LogP contribution in [0.2, 0.25) is 0 Å². The first-order valence-electron chi connectivity index (χ1n) is 8.03. The van der Waals surface area contributed by atoms with E-state index in [4.69, 9.17) is 5.10 Å². The van der Waals surface area contributed by atoms with Crippen molar-refractivity contribution in [2.24, 2.45) is 0 Å². The normalized spacial score (nSPS) is 17.9. The molecule has 5 heteroatoms. The van der Waals surface area contributed by atoms with E-state index < -0.39 is 0 Å². The molecule has 0 radical (unpaired) electrons. The third-order valence-electron chi connectivity index (χ3n) is 4.14. The van der Waals surface area contributed by atoms with E-state index in [9.17, 15) is 0 Å². The fourth-order valence-electron chi connectivity index (χ4n) is 2.97. The van der Waals surface area contributed by atoms with Gasteiger partial charge in [-0.2, -0.15) is 4.52 Å². The Hall–Kier alpha value is -1.65. The maximum Gasteiger partial charge on any atom is 0.178 e. The van der Waals surface area contributed by atoms with Crippen molar-refractivity contribution in [1.82, 2.24) is 19.8 Å². The maximum absolute atomic E-state index is 4.71. The van der Waals surface area contributed by atoms with E-state index in [-0.39, 0.29) is 5.41 Å². The standard InChI is InChI=1S/C16H25N5/c1-16(2,3)15-19-18-14-11-10-13(20-21(14)15)17-12-8-6-4-5-7-9-12/h10-12H,4-9H2,1-3H3,(H,17,20). The molecule has 21 heavy (non-hydrogen) atoms. The maximum atomic E-state index is 4.71. The summed E-state index contributed by atoms with van der Waals surface area (Å²) in [5.74, 6) is 1.83.